The van der Waals surface area contributed by atoms with Gasteiger partial charge in [-0.3, -0.25) is 9.58 Å². The maximum absolute atomic E-state index is 5.37. The molecular formula is C16H30N6O. The molecule has 7 heteroatoms. The first-order valence-electron chi connectivity index (χ1n) is 8.58. The fourth-order valence-corrected chi connectivity index (χ4v) is 2.55. The highest BCUT2D eigenvalue weighted by atomic mass is 16.5. The van der Waals surface area contributed by atoms with E-state index in [1.165, 1.54) is 6.42 Å². The molecule has 1 aliphatic heterocycles. The molecule has 2 N–H and O–H groups in total. The Bertz CT molecular complexity index is 467. The quantitative estimate of drug-likeness (QED) is 0.416. The number of morpholine rings is 1. The van der Waals surface area contributed by atoms with E-state index in [1.807, 2.05) is 17.8 Å². The van der Waals surface area contributed by atoms with Gasteiger partial charge in [0.15, 0.2) is 5.96 Å². The summed E-state index contributed by atoms with van der Waals surface area (Å²) >= 11 is 0. The molecule has 1 aliphatic rings. The highest BCUT2D eigenvalue weighted by molar-refractivity contribution is 5.79. The summed E-state index contributed by atoms with van der Waals surface area (Å²) in [7, 11) is 1.94. The van der Waals surface area contributed by atoms with E-state index in [1.54, 1.807) is 6.20 Å². The lowest BCUT2D eigenvalue weighted by Gasteiger charge is -2.26. The number of nitrogens with one attached hydrogen (secondary N) is 2. The molecule has 23 heavy (non-hydrogen) atoms. The number of hydrogen-bond acceptors (Lipinski definition) is 4. The molecule has 2 rings (SSSR count). The molecule has 2 heterocycles. The van der Waals surface area contributed by atoms with E-state index in [9.17, 15) is 0 Å². The second-order valence-electron chi connectivity index (χ2n) is 5.73. The predicted octanol–water partition coefficient (Wildman–Crippen LogP) is 0.588. The second kappa shape index (κ2) is 10.2. The fraction of sp³-hybridized carbons (Fsp3) is 0.750. The van der Waals surface area contributed by atoms with Gasteiger partial charge in [-0.05, 0) is 32.4 Å². The molecule has 130 valence electrons. The van der Waals surface area contributed by atoms with Crippen molar-refractivity contribution in [2.45, 2.75) is 26.3 Å². The Morgan fingerprint density at radius 3 is 2.83 bits per heavy atom. The van der Waals surface area contributed by atoms with Gasteiger partial charge in [0.25, 0.3) is 0 Å². The topological polar surface area (TPSA) is 66.7 Å². The molecule has 0 atom stereocenters. The first kappa shape index (κ1) is 17.7. The Labute approximate surface area is 139 Å². The summed E-state index contributed by atoms with van der Waals surface area (Å²) in [5.74, 6) is 0.875. The maximum atomic E-state index is 5.37. The first-order chi connectivity index (χ1) is 11.3. The minimum Gasteiger partial charge on any atom is -0.379 e. The minimum absolute atomic E-state index is 0.639. The zero-order valence-electron chi connectivity index (χ0n) is 14.4. The van der Waals surface area contributed by atoms with Crippen LogP contribution in [0.2, 0.25) is 0 Å². The predicted molar refractivity (Wildman–Crippen MR) is 92.5 cm³/mol. The van der Waals surface area contributed by atoms with Gasteiger partial charge < -0.3 is 15.4 Å². The molecule has 0 saturated carbocycles. The molecule has 0 amide bonds. The Morgan fingerprint density at radius 2 is 2.13 bits per heavy atom. The normalized spacial score (nSPS) is 16.5. The van der Waals surface area contributed by atoms with Crippen LogP contribution in [0.5, 0.6) is 0 Å². The van der Waals surface area contributed by atoms with E-state index >= 15 is 0 Å². The van der Waals surface area contributed by atoms with Gasteiger partial charge in [0, 0.05) is 39.4 Å². The van der Waals surface area contributed by atoms with Gasteiger partial charge in [-0.25, -0.2) is 4.99 Å². The van der Waals surface area contributed by atoms with Crippen LogP contribution in [-0.4, -0.2) is 66.6 Å². The minimum atomic E-state index is 0.639. The molecular weight excluding hydrogens is 292 g/mol. The molecule has 0 aliphatic carbocycles. The summed E-state index contributed by atoms with van der Waals surface area (Å²) in [6.07, 6.45) is 4.15. The maximum Gasteiger partial charge on any atom is 0.191 e. The molecule has 1 aromatic rings. The number of aromatic nitrogens is 2. The van der Waals surface area contributed by atoms with Crippen LogP contribution in [0, 0.1) is 0 Å². The Kier molecular flexibility index (Phi) is 7.89. The van der Waals surface area contributed by atoms with Crippen LogP contribution in [-0.2, 0) is 18.3 Å². The summed E-state index contributed by atoms with van der Waals surface area (Å²) in [6, 6.07) is 2.00. The summed E-state index contributed by atoms with van der Waals surface area (Å²) in [5.41, 5.74) is 1.11. The Balaban J connectivity index is 1.64. The molecule has 0 spiro atoms. The van der Waals surface area contributed by atoms with Crippen LogP contribution in [0.3, 0.4) is 0 Å². The van der Waals surface area contributed by atoms with Crippen LogP contribution in [0.4, 0.5) is 0 Å². The standard InChI is InChI=1S/C16H30N6O/c1-3-17-16(19-14-15-6-8-20-21(15)2)18-7-4-5-9-22-10-12-23-13-11-22/h6,8H,3-5,7,9-14H2,1-2H3,(H2,17,18,19). The van der Waals surface area contributed by atoms with Gasteiger partial charge in [-0.1, -0.05) is 0 Å². The van der Waals surface area contributed by atoms with Gasteiger partial charge in [0.05, 0.1) is 25.5 Å². The smallest absolute Gasteiger partial charge is 0.191 e. The zero-order valence-corrected chi connectivity index (χ0v) is 14.4. The lowest BCUT2D eigenvalue weighted by molar-refractivity contribution is 0.0372. The lowest BCUT2D eigenvalue weighted by Crippen LogP contribution is -2.39. The summed E-state index contributed by atoms with van der Waals surface area (Å²) in [4.78, 5) is 7.09. The van der Waals surface area contributed by atoms with Crippen LogP contribution >= 0.6 is 0 Å². The molecule has 0 unspecified atom stereocenters. The average Bonchev–Trinajstić information content (AvgIpc) is 2.98. The highest BCUT2D eigenvalue weighted by Gasteiger charge is 2.09. The number of aryl methyl sites for hydroxylation is 1. The van der Waals surface area contributed by atoms with Crippen molar-refractivity contribution in [1.82, 2.24) is 25.3 Å². The molecule has 7 nitrogen and oxygen atoms in total. The number of ether oxygens (including phenoxy) is 1. The lowest BCUT2D eigenvalue weighted by atomic mass is 10.3. The van der Waals surface area contributed by atoms with Crippen molar-refractivity contribution in [3.63, 3.8) is 0 Å². The van der Waals surface area contributed by atoms with Crippen molar-refractivity contribution in [2.24, 2.45) is 12.0 Å². The molecule has 0 aromatic carbocycles. The number of rotatable bonds is 8. The highest BCUT2D eigenvalue weighted by Crippen LogP contribution is 2.00. The fourth-order valence-electron chi connectivity index (χ4n) is 2.55. The van der Waals surface area contributed by atoms with E-state index in [0.29, 0.717) is 6.54 Å². The number of guanidine groups is 1. The largest absolute Gasteiger partial charge is 0.379 e. The van der Waals surface area contributed by atoms with Crippen LogP contribution in [0.25, 0.3) is 0 Å². The summed E-state index contributed by atoms with van der Waals surface area (Å²) < 4.78 is 7.22. The summed E-state index contributed by atoms with van der Waals surface area (Å²) in [5, 5.41) is 10.9. The van der Waals surface area contributed by atoms with E-state index < -0.39 is 0 Å². The van der Waals surface area contributed by atoms with Crippen molar-refractivity contribution >= 4 is 5.96 Å². The van der Waals surface area contributed by atoms with Gasteiger partial charge >= 0.3 is 0 Å². The molecule has 1 aromatic heterocycles. The molecule has 1 saturated heterocycles. The third kappa shape index (κ3) is 6.58. The Hall–Kier alpha value is -1.60. The number of hydrogen-bond donors (Lipinski definition) is 2. The van der Waals surface area contributed by atoms with Crippen molar-refractivity contribution in [3.05, 3.63) is 18.0 Å². The Morgan fingerprint density at radius 1 is 1.30 bits per heavy atom. The monoisotopic (exact) mass is 322 g/mol. The number of nitrogens with zero attached hydrogens (tertiary/aromatic N) is 4. The number of unbranched alkanes of at least 4 members (excludes halogenated alkanes) is 1. The first-order valence-corrected chi connectivity index (χ1v) is 8.58. The van der Waals surface area contributed by atoms with Crippen molar-refractivity contribution < 1.29 is 4.74 Å². The van der Waals surface area contributed by atoms with Gasteiger partial charge in [0.2, 0.25) is 0 Å². The average molecular weight is 322 g/mol. The van der Waals surface area contributed by atoms with Gasteiger partial charge in [-0.2, -0.15) is 5.10 Å². The van der Waals surface area contributed by atoms with Gasteiger partial charge in [0.1, 0.15) is 0 Å². The molecule has 1 fully saturated rings. The van der Waals surface area contributed by atoms with Crippen molar-refractivity contribution in [2.75, 3.05) is 45.9 Å². The van der Waals surface area contributed by atoms with Gasteiger partial charge in [-0.15, -0.1) is 0 Å². The second-order valence-corrected chi connectivity index (χ2v) is 5.73. The van der Waals surface area contributed by atoms with E-state index in [2.05, 4.69) is 32.5 Å². The van der Waals surface area contributed by atoms with Crippen LogP contribution in [0.1, 0.15) is 25.5 Å². The van der Waals surface area contributed by atoms with E-state index in [0.717, 1.165) is 64.0 Å². The SMILES string of the molecule is CCNC(=NCc1ccnn1C)NCCCCN1CCOCC1. The third-order valence-corrected chi connectivity index (χ3v) is 3.96. The van der Waals surface area contributed by atoms with E-state index in [4.69, 9.17) is 4.74 Å². The molecule has 0 bridgehead atoms. The molecule has 0 radical (unpaired) electrons. The van der Waals surface area contributed by atoms with E-state index in [-0.39, 0.29) is 0 Å². The van der Waals surface area contributed by atoms with Crippen molar-refractivity contribution in [1.29, 1.82) is 0 Å². The zero-order chi connectivity index (χ0) is 16.3. The number of aliphatic imine (C=N–C) groups is 1. The van der Waals surface area contributed by atoms with Crippen LogP contribution < -0.4 is 10.6 Å². The third-order valence-electron chi connectivity index (χ3n) is 3.96. The van der Waals surface area contributed by atoms with Crippen molar-refractivity contribution in [3.8, 4) is 0 Å². The summed E-state index contributed by atoms with van der Waals surface area (Å²) in [6.45, 7) is 9.59. The van der Waals surface area contributed by atoms with Crippen LogP contribution in [0.15, 0.2) is 17.3 Å².